The third-order valence-electron chi connectivity index (χ3n) is 11.1. The molecule has 0 saturated carbocycles. The molecule has 2 heterocycles. The summed E-state index contributed by atoms with van der Waals surface area (Å²) in [6.07, 6.45) is 0. The van der Waals surface area contributed by atoms with Gasteiger partial charge in [0.25, 0.3) is 6.71 Å². The fraction of sp³-hybridized carbons (Fsp3) is 0.160. The summed E-state index contributed by atoms with van der Waals surface area (Å²) in [7, 11) is 0. The molecule has 54 heavy (non-hydrogen) atoms. The second-order valence-corrected chi connectivity index (χ2v) is 16.7. The van der Waals surface area contributed by atoms with Gasteiger partial charge in [0.1, 0.15) is 0 Å². The van der Waals surface area contributed by atoms with E-state index in [4.69, 9.17) is 0 Å². The lowest BCUT2D eigenvalue weighted by Gasteiger charge is -2.45. The zero-order valence-electron chi connectivity index (χ0n) is 32.1. The van der Waals surface area contributed by atoms with Crippen molar-refractivity contribution in [1.29, 1.82) is 0 Å². The quantitative estimate of drug-likeness (QED) is 0.166. The van der Waals surface area contributed by atoms with E-state index < -0.39 is 0 Å². The van der Waals surface area contributed by atoms with Crippen LogP contribution in [0.2, 0.25) is 0 Å². The van der Waals surface area contributed by atoms with Gasteiger partial charge in [0, 0.05) is 45.5 Å². The lowest BCUT2D eigenvalue weighted by Crippen LogP contribution is -2.61. The van der Waals surface area contributed by atoms with Gasteiger partial charge >= 0.3 is 0 Å². The van der Waals surface area contributed by atoms with Crippen molar-refractivity contribution in [1.82, 2.24) is 0 Å². The molecular formula is C50H46BN3. The van der Waals surface area contributed by atoms with Gasteiger partial charge in [0.15, 0.2) is 0 Å². The van der Waals surface area contributed by atoms with Crippen molar-refractivity contribution in [2.24, 2.45) is 0 Å². The molecule has 4 heteroatoms. The molecule has 0 aliphatic carbocycles. The van der Waals surface area contributed by atoms with Gasteiger partial charge in [-0.3, -0.25) is 0 Å². The van der Waals surface area contributed by atoms with Gasteiger partial charge in [-0.1, -0.05) is 139 Å². The van der Waals surface area contributed by atoms with E-state index in [9.17, 15) is 0 Å². The summed E-state index contributed by atoms with van der Waals surface area (Å²) in [6, 6.07) is 62.9. The van der Waals surface area contributed by atoms with E-state index in [1.165, 1.54) is 50.3 Å². The van der Waals surface area contributed by atoms with Crippen LogP contribution in [0.4, 0.5) is 51.2 Å². The molecule has 0 saturated heterocycles. The Hall–Kier alpha value is -6.00. The Balaban J connectivity index is 1.37. The van der Waals surface area contributed by atoms with Gasteiger partial charge in [-0.05, 0) is 111 Å². The molecule has 2 aliphatic heterocycles. The fourth-order valence-corrected chi connectivity index (χ4v) is 8.39. The second-order valence-electron chi connectivity index (χ2n) is 16.7. The fourth-order valence-electron chi connectivity index (χ4n) is 8.39. The maximum absolute atomic E-state index is 2.48. The molecule has 0 radical (unpaired) electrons. The molecule has 9 rings (SSSR count). The van der Waals surface area contributed by atoms with Crippen LogP contribution in [0, 0.1) is 0 Å². The molecule has 3 nitrogen and oxygen atoms in total. The molecule has 0 aromatic heterocycles. The summed E-state index contributed by atoms with van der Waals surface area (Å²) in [5.74, 6) is 0. The van der Waals surface area contributed by atoms with Gasteiger partial charge in [-0.15, -0.1) is 0 Å². The monoisotopic (exact) mass is 699 g/mol. The third-order valence-corrected chi connectivity index (χ3v) is 11.1. The lowest BCUT2D eigenvalue weighted by atomic mass is 9.33. The zero-order chi connectivity index (χ0) is 37.2. The summed E-state index contributed by atoms with van der Waals surface area (Å²) < 4.78 is 0. The highest BCUT2D eigenvalue weighted by atomic mass is 15.2. The van der Waals surface area contributed by atoms with Crippen LogP contribution in [-0.4, -0.2) is 6.71 Å². The number of rotatable bonds is 5. The minimum Gasteiger partial charge on any atom is -0.311 e. The second kappa shape index (κ2) is 12.8. The average molecular weight is 700 g/mol. The molecule has 0 atom stereocenters. The Bertz CT molecular complexity index is 2290. The first-order chi connectivity index (χ1) is 26.1. The lowest BCUT2D eigenvalue weighted by molar-refractivity contribution is 0.590. The van der Waals surface area contributed by atoms with Gasteiger partial charge in [0.05, 0.1) is 5.69 Å². The maximum atomic E-state index is 2.48. The summed E-state index contributed by atoms with van der Waals surface area (Å²) in [5, 5.41) is 0. The summed E-state index contributed by atoms with van der Waals surface area (Å²) in [4.78, 5) is 7.40. The van der Waals surface area contributed by atoms with Crippen LogP contribution >= 0.6 is 0 Å². The van der Waals surface area contributed by atoms with Crippen molar-refractivity contribution in [3.8, 4) is 0 Å². The molecule has 7 aromatic rings. The van der Waals surface area contributed by atoms with Crippen molar-refractivity contribution in [3.05, 3.63) is 181 Å². The van der Waals surface area contributed by atoms with Gasteiger partial charge < -0.3 is 14.7 Å². The number of fused-ring (bicyclic) bond motifs is 4. The predicted molar refractivity (Wildman–Crippen MR) is 233 cm³/mol. The molecule has 0 N–H and O–H groups in total. The molecule has 2 aliphatic rings. The largest absolute Gasteiger partial charge is 0.311 e. The van der Waals surface area contributed by atoms with Crippen LogP contribution in [0.3, 0.4) is 0 Å². The van der Waals surface area contributed by atoms with Crippen LogP contribution in [-0.2, 0) is 10.8 Å². The predicted octanol–water partition coefficient (Wildman–Crippen LogP) is 11.8. The molecule has 264 valence electrons. The van der Waals surface area contributed by atoms with Crippen LogP contribution in [0.15, 0.2) is 170 Å². The Morgan fingerprint density at radius 1 is 0.389 bits per heavy atom. The van der Waals surface area contributed by atoms with Crippen LogP contribution in [0.5, 0.6) is 0 Å². The third kappa shape index (κ3) is 5.69. The minimum absolute atomic E-state index is 0.0515. The van der Waals surface area contributed by atoms with Crippen molar-refractivity contribution in [2.45, 2.75) is 52.4 Å². The Morgan fingerprint density at radius 3 is 1.15 bits per heavy atom. The number of hydrogen-bond donors (Lipinski definition) is 0. The van der Waals surface area contributed by atoms with Crippen LogP contribution < -0.4 is 31.1 Å². The maximum Gasteiger partial charge on any atom is 0.252 e. The molecular weight excluding hydrogens is 653 g/mol. The Kier molecular flexibility index (Phi) is 8.04. The van der Waals surface area contributed by atoms with Gasteiger partial charge in [0.2, 0.25) is 0 Å². The summed E-state index contributed by atoms with van der Waals surface area (Å²) in [5.41, 5.74) is 17.1. The standard InChI is InChI=1S/C50H46BN3/c1-49(2,3)35-25-29-39(30-26-35)52(40-31-27-36(28-32-40)50(4,5)6)41-33-46-48-47(34-41)54(38-19-11-8-12-20-38)45-24-16-14-22-43(45)51(48)42-21-13-15-23-44(42)53(46)37-17-9-7-10-18-37/h7-34H,1-6H3. The zero-order valence-corrected chi connectivity index (χ0v) is 32.1. The molecule has 0 spiro atoms. The summed E-state index contributed by atoms with van der Waals surface area (Å²) in [6.45, 7) is 13.7. The molecule has 7 aromatic carbocycles. The number of anilines is 9. The minimum atomic E-state index is 0.0515. The highest BCUT2D eigenvalue weighted by molar-refractivity contribution is 7.00. The highest BCUT2D eigenvalue weighted by Crippen LogP contribution is 2.48. The van der Waals surface area contributed by atoms with Crippen molar-refractivity contribution in [3.63, 3.8) is 0 Å². The van der Waals surface area contributed by atoms with E-state index >= 15 is 0 Å². The molecule has 0 amide bonds. The van der Waals surface area contributed by atoms with Crippen LogP contribution in [0.1, 0.15) is 52.7 Å². The first-order valence-electron chi connectivity index (χ1n) is 19.2. The van der Waals surface area contributed by atoms with E-state index in [1.807, 2.05) is 0 Å². The van der Waals surface area contributed by atoms with Crippen molar-refractivity contribution in [2.75, 3.05) is 14.7 Å². The van der Waals surface area contributed by atoms with Gasteiger partial charge in [-0.2, -0.15) is 0 Å². The number of nitrogens with zero attached hydrogens (tertiary/aromatic N) is 3. The first-order valence-corrected chi connectivity index (χ1v) is 19.2. The number of benzene rings is 7. The molecule has 0 bridgehead atoms. The highest BCUT2D eigenvalue weighted by Gasteiger charge is 2.43. The number of hydrogen-bond acceptors (Lipinski definition) is 3. The van der Waals surface area contributed by atoms with Gasteiger partial charge in [-0.25, -0.2) is 0 Å². The SMILES string of the molecule is CC(C)(C)c1ccc(N(c2ccc(C(C)(C)C)cc2)c2cc3c4c(c2)N(c2ccccc2)c2ccccc2B4c2ccccc2N3c2ccccc2)cc1. The molecule has 0 fully saturated rings. The topological polar surface area (TPSA) is 9.72 Å². The average Bonchev–Trinajstić information content (AvgIpc) is 3.18. The molecule has 0 unspecified atom stereocenters. The normalized spacial score (nSPS) is 13.3. The van der Waals surface area contributed by atoms with Crippen molar-refractivity contribution < 1.29 is 0 Å². The van der Waals surface area contributed by atoms with Crippen LogP contribution in [0.25, 0.3) is 0 Å². The summed E-state index contributed by atoms with van der Waals surface area (Å²) >= 11 is 0. The van der Waals surface area contributed by atoms with E-state index in [-0.39, 0.29) is 17.5 Å². The Labute approximate surface area is 321 Å². The van der Waals surface area contributed by atoms with E-state index in [0.29, 0.717) is 0 Å². The smallest absolute Gasteiger partial charge is 0.252 e. The van der Waals surface area contributed by atoms with E-state index in [2.05, 4.69) is 226 Å². The number of para-hydroxylation sites is 4. The van der Waals surface area contributed by atoms with E-state index in [1.54, 1.807) is 0 Å². The van der Waals surface area contributed by atoms with E-state index in [0.717, 1.165) is 28.4 Å². The Morgan fingerprint density at radius 2 is 0.759 bits per heavy atom. The van der Waals surface area contributed by atoms with Crippen molar-refractivity contribution >= 4 is 74.3 Å². The first kappa shape index (κ1) is 33.8.